The molecule has 1 aliphatic rings. The van der Waals surface area contributed by atoms with Crippen LogP contribution in [0.1, 0.15) is 10.5 Å². The number of likely N-dealkylation sites (N-methyl/N-ethyl adjacent to an activating group) is 1. The molecule has 2 heterocycles. The van der Waals surface area contributed by atoms with Crippen LogP contribution in [-0.2, 0) is 0 Å². The third-order valence-corrected chi connectivity index (χ3v) is 4.10. The summed E-state index contributed by atoms with van der Waals surface area (Å²) in [6.07, 6.45) is 4.46. The highest BCUT2D eigenvalue weighted by molar-refractivity contribution is 6.03. The van der Waals surface area contributed by atoms with E-state index >= 15 is 0 Å². The Morgan fingerprint density at radius 2 is 2.00 bits per heavy atom. The molecule has 0 aliphatic carbocycles. The summed E-state index contributed by atoms with van der Waals surface area (Å²) in [7, 11) is 3.71. The summed E-state index contributed by atoms with van der Waals surface area (Å²) in [5.74, 6) is 0.307. The average Bonchev–Trinajstić information content (AvgIpc) is 2.63. The molecule has 0 unspecified atom stereocenters. The number of carbonyl (C=O) groups excluding carboxylic acids is 1. The van der Waals surface area contributed by atoms with Crippen molar-refractivity contribution in [3.05, 3.63) is 42.5 Å². The Morgan fingerprint density at radius 3 is 2.67 bits per heavy atom. The number of carbonyl (C=O) groups is 1. The minimum atomic E-state index is -0.308. The van der Waals surface area contributed by atoms with E-state index in [0.29, 0.717) is 11.4 Å². The van der Waals surface area contributed by atoms with E-state index in [0.717, 1.165) is 31.9 Å². The number of ether oxygens (including phenoxy) is 1. The van der Waals surface area contributed by atoms with E-state index in [-0.39, 0.29) is 11.6 Å². The zero-order valence-corrected chi connectivity index (χ0v) is 13.9. The van der Waals surface area contributed by atoms with E-state index in [1.54, 1.807) is 7.11 Å². The second-order valence-corrected chi connectivity index (χ2v) is 5.72. The van der Waals surface area contributed by atoms with Gasteiger partial charge >= 0.3 is 0 Å². The first-order valence-corrected chi connectivity index (χ1v) is 7.86. The fourth-order valence-electron chi connectivity index (χ4n) is 2.66. The molecule has 0 saturated carbocycles. The standard InChI is InChI=1S/C17H21N5O2/c1-21-7-9-22(10-8-21)13-3-4-16(24-2)14(11-13)20-17(23)15-12-18-5-6-19-15/h3-6,11-12H,7-10H2,1-2H3,(H,20,23). The number of methoxy groups -OCH3 is 1. The fourth-order valence-corrected chi connectivity index (χ4v) is 2.66. The third kappa shape index (κ3) is 3.62. The lowest BCUT2D eigenvalue weighted by atomic mass is 10.2. The maximum atomic E-state index is 12.3. The molecule has 1 N–H and O–H groups in total. The predicted molar refractivity (Wildman–Crippen MR) is 92.7 cm³/mol. The molecule has 1 amide bonds. The van der Waals surface area contributed by atoms with Gasteiger partial charge in [-0.15, -0.1) is 0 Å². The van der Waals surface area contributed by atoms with Crippen molar-refractivity contribution in [2.45, 2.75) is 0 Å². The normalized spacial score (nSPS) is 15.2. The molecule has 0 bridgehead atoms. The lowest BCUT2D eigenvalue weighted by molar-refractivity contribution is 0.102. The smallest absolute Gasteiger partial charge is 0.275 e. The van der Waals surface area contributed by atoms with E-state index in [9.17, 15) is 4.79 Å². The molecule has 3 rings (SSSR count). The van der Waals surface area contributed by atoms with E-state index in [1.807, 2.05) is 18.2 Å². The summed E-state index contributed by atoms with van der Waals surface area (Å²) in [6.45, 7) is 3.96. The molecule has 1 fully saturated rings. The molecule has 1 aliphatic heterocycles. The van der Waals surface area contributed by atoms with Gasteiger partial charge < -0.3 is 19.9 Å². The minimum Gasteiger partial charge on any atom is -0.495 e. The Bertz CT molecular complexity index is 699. The number of nitrogens with zero attached hydrogens (tertiary/aromatic N) is 4. The second kappa shape index (κ2) is 7.27. The van der Waals surface area contributed by atoms with Crippen molar-refractivity contribution in [3.8, 4) is 5.75 Å². The van der Waals surface area contributed by atoms with E-state index < -0.39 is 0 Å². The predicted octanol–water partition coefficient (Wildman–Crippen LogP) is 1.49. The van der Waals surface area contributed by atoms with Crippen LogP contribution in [0.2, 0.25) is 0 Å². The molecule has 7 heteroatoms. The largest absolute Gasteiger partial charge is 0.495 e. The molecule has 126 valence electrons. The summed E-state index contributed by atoms with van der Waals surface area (Å²) >= 11 is 0. The third-order valence-electron chi connectivity index (χ3n) is 4.10. The Hall–Kier alpha value is -2.67. The van der Waals surface area contributed by atoms with Crippen LogP contribution in [0, 0.1) is 0 Å². The maximum absolute atomic E-state index is 12.3. The van der Waals surface area contributed by atoms with Crippen molar-refractivity contribution in [2.24, 2.45) is 0 Å². The SMILES string of the molecule is COc1ccc(N2CCN(C)CC2)cc1NC(=O)c1cnccn1. The number of aromatic nitrogens is 2. The highest BCUT2D eigenvalue weighted by atomic mass is 16.5. The molecule has 2 aromatic rings. The topological polar surface area (TPSA) is 70.6 Å². The number of piperazine rings is 1. The van der Waals surface area contributed by atoms with Crippen molar-refractivity contribution >= 4 is 17.3 Å². The molecule has 1 saturated heterocycles. The van der Waals surface area contributed by atoms with Gasteiger partial charge in [-0.2, -0.15) is 0 Å². The molecule has 7 nitrogen and oxygen atoms in total. The summed E-state index contributed by atoms with van der Waals surface area (Å²) in [6, 6.07) is 5.83. The summed E-state index contributed by atoms with van der Waals surface area (Å²) in [5.41, 5.74) is 1.97. The quantitative estimate of drug-likeness (QED) is 0.917. The molecular weight excluding hydrogens is 306 g/mol. The van der Waals surface area contributed by atoms with Gasteiger partial charge in [0.1, 0.15) is 11.4 Å². The van der Waals surface area contributed by atoms with Gasteiger partial charge in [0.25, 0.3) is 5.91 Å². The number of benzene rings is 1. The van der Waals surface area contributed by atoms with Crippen LogP contribution in [-0.4, -0.2) is 61.1 Å². The van der Waals surface area contributed by atoms with Crippen molar-refractivity contribution < 1.29 is 9.53 Å². The number of anilines is 2. The molecule has 0 radical (unpaired) electrons. The van der Waals surface area contributed by atoms with Crippen LogP contribution in [0.3, 0.4) is 0 Å². The Kier molecular flexibility index (Phi) is 4.90. The van der Waals surface area contributed by atoms with Crippen LogP contribution in [0.25, 0.3) is 0 Å². The highest BCUT2D eigenvalue weighted by Gasteiger charge is 2.17. The lowest BCUT2D eigenvalue weighted by Crippen LogP contribution is -2.44. The fraction of sp³-hybridized carbons (Fsp3) is 0.353. The Labute approximate surface area is 141 Å². The molecule has 0 spiro atoms. The van der Waals surface area contributed by atoms with E-state index in [1.165, 1.54) is 18.6 Å². The van der Waals surface area contributed by atoms with Crippen molar-refractivity contribution in [2.75, 3.05) is 50.6 Å². The first kappa shape index (κ1) is 16.2. The molecule has 24 heavy (non-hydrogen) atoms. The Balaban J connectivity index is 1.81. The molecule has 0 atom stereocenters. The number of hydrogen-bond donors (Lipinski definition) is 1. The number of rotatable bonds is 4. The van der Waals surface area contributed by atoms with Crippen LogP contribution in [0.15, 0.2) is 36.8 Å². The molecule has 1 aromatic carbocycles. The van der Waals surface area contributed by atoms with Gasteiger partial charge in [0.05, 0.1) is 19.0 Å². The first-order valence-electron chi connectivity index (χ1n) is 7.86. The second-order valence-electron chi connectivity index (χ2n) is 5.72. The first-order chi connectivity index (χ1) is 11.7. The van der Waals surface area contributed by atoms with Gasteiger partial charge in [-0.05, 0) is 25.2 Å². The lowest BCUT2D eigenvalue weighted by Gasteiger charge is -2.34. The van der Waals surface area contributed by atoms with Crippen LogP contribution >= 0.6 is 0 Å². The Morgan fingerprint density at radius 1 is 1.21 bits per heavy atom. The highest BCUT2D eigenvalue weighted by Crippen LogP contribution is 2.30. The number of hydrogen-bond acceptors (Lipinski definition) is 6. The van der Waals surface area contributed by atoms with Gasteiger partial charge in [0, 0.05) is 44.3 Å². The zero-order chi connectivity index (χ0) is 16.9. The van der Waals surface area contributed by atoms with Crippen LogP contribution in [0.5, 0.6) is 5.75 Å². The van der Waals surface area contributed by atoms with Crippen LogP contribution in [0.4, 0.5) is 11.4 Å². The molecule has 1 aromatic heterocycles. The van der Waals surface area contributed by atoms with Gasteiger partial charge in [-0.3, -0.25) is 9.78 Å². The van der Waals surface area contributed by atoms with E-state index in [4.69, 9.17) is 4.74 Å². The summed E-state index contributed by atoms with van der Waals surface area (Å²) in [4.78, 5) is 24.9. The monoisotopic (exact) mass is 327 g/mol. The van der Waals surface area contributed by atoms with Gasteiger partial charge in [0.15, 0.2) is 0 Å². The zero-order valence-electron chi connectivity index (χ0n) is 13.9. The van der Waals surface area contributed by atoms with Crippen LogP contribution < -0.4 is 15.0 Å². The number of amides is 1. The van der Waals surface area contributed by atoms with E-state index in [2.05, 4.69) is 32.1 Å². The summed E-state index contributed by atoms with van der Waals surface area (Å²) < 4.78 is 5.36. The van der Waals surface area contributed by atoms with Crippen molar-refractivity contribution in [1.82, 2.24) is 14.9 Å². The summed E-state index contributed by atoms with van der Waals surface area (Å²) in [5, 5.41) is 2.86. The average molecular weight is 327 g/mol. The van der Waals surface area contributed by atoms with Crippen molar-refractivity contribution in [1.29, 1.82) is 0 Å². The minimum absolute atomic E-state index is 0.268. The van der Waals surface area contributed by atoms with Gasteiger partial charge in [-0.1, -0.05) is 0 Å². The number of nitrogens with one attached hydrogen (secondary N) is 1. The van der Waals surface area contributed by atoms with Gasteiger partial charge in [-0.25, -0.2) is 4.98 Å². The van der Waals surface area contributed by atoms with Gasteiger partial charge in [0.2, 0.25) is 0 Å². The molecular formula is C17H21N5O2. The van der Waals surface area contributed by atoms with Crippen molar-refractivity contribution in [3.63, 3.8) is 0 Å². The maximum Gasteiger partial charge on any atom is 0.275 e.